The summed E-state index contributed by atoms with van der Waals surface area (Å²) in [6.07, 6.45) is 2.62. The predicted octanol–water partition coefficient (Wildman–Crippen LogP) is 3.67. The van der Waals surface area contributed by atoms with E-state index in [2.05, 4.69) is 34.9 Å². The lowest BCUT2D eigenvalue weighted by atomic mass is 9.98. The zero-order valence-corrected chi connectivity index (χ0v) is 18.4. The van der Waals surface area contributed by atoms with Crippen molar-refractivity contribution in [1.82, 2.24) is 10.6 Å². The molecule has 2 fully saturated rings. The van der Waals surface area contributed by atoms with Crippen LogP contribution in [0, 0.1) is 11.3 Å². The molecule has 2 aromatic rings. The fraction of sp³-hybridized carbons (Fsp3) is 0.423. The maximum Gasteiger partial charge on any atom is 0.407 e. The molecular weight excluding hydrogens is 420 g/mol. The molecule has 2 unspecified atom stereocenters. The Bertz CT molecular complexity index is 1050. The highest BCUT2D eigenvalue weighted by atomic mass is 16.5. The summed E-state index contributed by atoms with van der Waals surface area (Å²) in [6.45, 7) is 0.461. The summed E-state index contributed by atoms with van der Waals surface area (Å²) < 4.78 is 5.57. The van der Waals surface area contributed by atoms with E-state index in [1.165, 1.54) is 11.1 Å². The van der Waals surface area contributed by atoms with Gasteiger partial charge in [0, 0.05) is 18.5 Å². The number of nitrogens with one attached hydrogen (secondary N) is 2. The maximum absolute atomic E-state index is 12.8. The zero-order chi connectivity index (χ0) is 23.0. The van der Waals surface area contributed by atoms with E-state index in [4.69, 9.17) is 9.84 Å². The molecule has 172 valence electrons. The van der Waals surface area contributed by atoms with E-state index < -0.39 is 17.5 Å². The van der Waals surface area contributed by atoms with Gasteiger partial charge in [-0.1, -0.05) is 48.5 Å². The van der Waals surface area contributed by atoms with Crippen molar-refractivity contribution >= 4 is 18.0 Å². The summed E-state index contributed by atoms with van der Waals surface area (Å²) in [5.41, 5.74) is 4.05. The third-order valence-electron chi connectivity index (χ3n) is 7.37. The first kappa shape index (κ1) is 21.5. The van der Waals surface area contributed by atoms with Gasteiger partial charge < -0.3 is 20.5 Å². The third kappa shape index (κ3) is 4.19. The number of amides is 2. The van der Waals surface area contributed by atoms with Crippen LogP contribution < -0.4 is 10.6 Å². The summed E-state index contributed by atoms with van der Waals surface area (Å²) in [4.78, 5) is 36.4. The van der Waals surface area contributed by atoms with Crippen LogP contribution in [0.15, 0.2) is 48.5 Å². The Hall–Kier alpha value is -3.35. The van der Waals surface area contributed by atoms with Gasteiger partial charge in [0.1, 0.15) is 6.61 Å². The average molecular weight is 449 g/mol. The molecule has 2 amide bonds. The Balaban J connectivity index is 1.13. The topological polar surface area (TPSA) is 105 Å². The Morgan fingerprint density at radius 1 is 0.970 bits per heavy atom. The predicted molar refractivity (Wildman–Crippen MR) is 122 cm³/mol. The zero-order valence-electron chi connectivity index (χ0n) is 18.4. The van der Waals surface area contributed by atoms with Gasteiger partial charge in [-0.3, -0.25) is 9.59 Å². The highest BCUT2D eigenvalue weighted by Crippen LogP contribution is 2.46. The van der Waals surface area contributed by atoms with Crippen LogP contribution in [0.25, 0.3) is 11.1 Å². The van der Waals surface area contributed by atoms with Crippen LogP contribution in [0.2, 0.25) is 0 Å². The molecule has 3 N–H and O–H groups in total. The van der Waals surface area contributed by atoms with Gasteiger partial charge in [-0.25, -0.2) is 4.79 Å². The van der Waals surface area contributed by atoms with E-state index in [9.17, 15) is 14.4 Å². The van der Waals surface area contributed by atoms with E-state index in [0.29, 0.717) is 32.1 Å². The first-order valence-electron chi connectivity index (χ1n) is 11.6. The largest absolute Gasteiger partial charge is 0.481 e. The monoisotopic (exact) mass is 448 g/mol. The molecule has 5 rings (SSSR count). The molecule has 7 nitrogen and oxygen atoms in total. The van der Waals surface area contributed by atoms with Gasteiger partial charge in [-0.05, 0) is 54.4 Å². The normalized spacial score (nSPS) is 22.2. The molecule has 0 saturated heterocycles. The van der Waals surface area contributed by atoms with Crippen LogP contribution in [0.1, 0.15) is 49.1 Å². The van der Waals surface area contributed by atoms with E-state index >= 15 is 0 Å². The molecule has 3 aliphatic carbocycles. The van der Waals surface area contributed by atoms with Crippen molar-refractivity contribution in [2.45, 2.75) is 44.1 Å². The number of ether oxygens (including phenoxy) is 1. The maximum atomic E-state index is 12.8. The number of carboxylic acids is 1. The fourth-order valence-corrected chi connectivity index (χ4v) is 5.20. The van der Waals surface area contributed by atoms with E-state index in [1.54, 1.807) is 0 Å². The minimum Gasteiger partial charge on any atom is -0.481 e. The summed E-state index contributed by atoms with van der Waals surface area (Å²) >= 11 is 0. The van der Waals surface area contributed by atoms with Gasteiger partial charge in [-0.2, -0.15) is 0 Å². The molecule has 0 bridgehead atoms. The number of hydrogen-bond acceptors (Lipinski definition) is 4. The number of carbonyl (C=O) groups excluding carboxylic acids is 2. The molecule has 2 atom stereocenters. The molecule has 0 spiro atoms. The molecule has 33 heavy (non-hydrogen) atoms. The molecule has 0 aromatic heterocycles. The lowest BCUT2D eigenvalue weighted by Crippen LogP contribution is -2.44. The smallest absolute Gasteiger partial charge is 0.407 e. The number of rotatable bonds is 7. The minimum atomic E-state index is -0.801. The lowest BCUT2D eigenvalue weighted by Gasteiger charge is -2.20. The van der Waals surface area contributed by atoms with Crippen molar-refractivity contribution in [3.05, 3.63) is 59.7 Å². The summed E-state index contributed by atoms with van der Waals surface area (Å²) in [6, 6.07) is 16.2. The molecule has 7 heteroatoms. The van der Waals surface area contributed by atoms with Crippen molar-refractivity contribution in [2.24, 2.45) is 11.3 Å². The molecule has 0 aliphatic heterocycles. The van der Waals surface area contributed by atoms with Crippen molar-refractivity contribution < 1.29 is 24.2 Å². The summed E-state index contributed by atoms with van der Waals surface area (Å²) in [7, 11) is 0. The van der Waals surface area contributed by atoms with Crippen LogP contribution in [-0.2, 0) is 14.3 Å². The number of hydrogen-bond donors (Lipinski definition) is 3. The van der Waals surface area contributed by atoms with Crippen LogP contribution in [0.5, 0.6) is 0 Å². The average Bonchev–Trinajstić information content (AvgIpc) is 3.36. The SMILES string of the molecule is O=C(NCC1(C(=O)NC2CCC(C(=O)O)C2)CC1)OCC1c2ccccc2-c2ccccc21. The third-order valence-corrected chi connectivity index (χ3v) is 7.37. The number of carbonyl (C=O) groups is 3. The Labute approximate surface area is 192 Å². The second-order valence-corrected chi connectivity index (χ2v) is 9.48. The number of aliphatic carboxylic acids is 1. The minimum absolute atomic E-state index is 0.00844. The van der Waals surface area contributed by atoms with Crippen molar-refractivity contribution in [2.75, 3.05) is 13.2 Å². The Morgan fingerprint density at radius 3 is 2.18 bits per heavy atom. The second kappa shape index (κ2) is 8.54. The van der Waals surface area contributed by atoms with Gasteiger partial charge in [0.2, 0.25) is 5.91 Å². The summed E-state index contributed by atoms with van der Waals surface area (Å²) in [5, 5.41) is 14.9. The van der Waals surface area contributed by atoms with Gasteiger partial charge in [0.05, 0.1) is 11.3 Å². The van der Waals surface area contributed by atoms with Crippen molar-refractivity contribution in [3.8, 4) is 11.1 Å². The van der Waals surface area contributed by atoms with Crippen molar-refractivity contribution in [1.29, 1.82) is 0 Å². The molecule has 2 aromatic carbocycles. The lowest BCUT2D eigenvalue weighted by molar-refractivity contribution is -0.141. The molecule has 0 radical (unpaired) electrons. The first-order valence-corrected chi connectivity index (χ1v) is 11.6. The van der Waals surface area contributed by atoms with Gasteiger partial charge in [0.15, 0.2) is 0 Å². The summed E-state index contributed by atoms with van der Waals surface area (Å²) in [5.74, 6) is -1.29. The number of carboxylic acid groups (broad SMARTS) is 1. The van der Waals surface area contributed by atoms with Crippen molar-refractivity contribution in [3.63, 3.8) is 0 Å². The first-order chi connectivity index (χ1) is 16.0. The van der Waals surface area contributed by atoms with E-state index in [1.807, 2.05) is 24.3 Å². The fourth-order valence-electron chi connectivity index (χ4n) is 5.20. The van der Waals surface area contributed by atoms with Gasteiger partial charge in [-0.15, -0.1) is 0 Å². The Morgan fingerprint density at radius 2 is 1.61 bits per heavy atom. The quantitative estimate of drug-likeness (QED) is 0.599. The highest BCUT2D eigenvalue weighted by Gasteiger charge is 2.51. The van der Waals surface area contributed by atoms with Crippen LogP contribution >= 0.6 is 0 Å². The van der Waals surface area contributed by atoms with Crippen LogP contribution in [0.4, 0.5) is 4.79 Å². The Kier molecular flexibility index (Phi) is 5.56. The van der Waals surface area contributed by atoms with Gasteiger partial charge in [0.25, 0.3) is 0 Å². The number of benzene rings is 2. The van der Waals surface area contributed by atoms with Gasteiger partial charge >= 0.3 is 12.1 Å². The standard InChI is InChI=1S/C26H28N2O5/c29-23(30)16-9-10-17(13-16)28-24(31)26(11-12-26)15-27-25(32)33-14-22-20-7-3-1-5-18(20)19-6-2-4-8-21(19)22/h1-8,16-17,22H,9-15H2,(H,27,32)(H,28,31)(H,29,30). The number of fused-ring (bicyclic) bond motifs is 3. The van der Waals surface area contributed by atoms with E-state index in [0.717, 1.165) is 11.1 Å². The highest BCUT2D eigenvalue weighted by molar-refractivity contribution is 5.86. The number of alkyl carbamates (subject to hydrolysis) is 1. The van der Waals surface area contributed by atoms with E-state index in [-0.39, 0.29) is 36.9 Å². The molecule has 2 saturated carbocycles. The molecule has 0 heterocycles. The van der Waals surface area contributed by atoms with Crippen LogP contribution in [0.3, 0.4) is 0 Å². The second-order valence-electron chi connectivity index (χ2n) is 9.48. The molecular formula is C26H28N2O5. The van der Waals surface area contributed by atoms with Crippen LogP contribution in [-0.4, -0.2) is 42.3 Å². The molecule has 3 aliphatic rings.